The summed E-state index contributed by atoms with van der Waals surface area (Å²) in [5, 5.41) is 6.20. The van der Waals surface area contributed by atoms with E-state index >= 15 is 0 Å². The van der Waals surface area contributed by atoms with E-state index in [1.165, 1.54) is 25.7 Å². The monoisotopic (exact) mass is 253 g/mol. The Labute approximate surface area is 110 Å². The molecule has 2 rings (SSSR count). The predicted octanol–water partition coefficient (Wildman–Crippen LogP) is 0.973. The van der Waals surface area contributed by atoms with Crippen molar-refractivity contribution in [1.29, 1.82) is 0 Å². The summed E-state index contributed by atoms with van der Waals surface area (Å²) in [7, 11) is 3.79. The molecule has 1 amide bonds. The number of piperidine rings is 1. The third-order valence-electron chi connectivity index (χ3n) is 4.71. The number of fused-ring (bicyclic) bond motifs is 2. The molecule has 2 saturated heterocycles. The molecule has 0 aromatic heterocycles. The number of hydrogen-bond acceptors (Lipinski definition) is 3. The van der Waals surface area contributed by atoms with Gasteiger partial charge in [-0.15, -0.1) is 0 Å². The van der Waals surface area contributed by atoms with Crippen LogP contribution in [-0.4, -0.2) is 49.6 Å². The van der Waals surface area contributed by atoms with E-state index in [1.54, 1.807) is 7.05 Å². The molecule has 0 spiro atoms. The van der Waals surface area contributed by atoms with Crippen LogP contribution in [0.15, 0.2) is 0 Å². The van der Waals surface area contributed by atoms with Crippen LogP contribution in [0, 0.1) is 5.41 Å². The number of nitrogens with one attached hydrogen (secondary N) is 2. The summed E-state index contributed by atoms with van der Waals surface area (Å²) in [4.78, 5) is 14.5. The second kappa shape index (κ2) is 5.17. The van der Waals surface area contributed by atoms with Crippen LogP contribution >= 0.6 is 0 Å². The van der Waals surface area contributed by atoms with Gasteiger partial charge in [-0.05, 0) is 46.6 Å². The molecule has 2 fully saturated rings. The van der Waals surface area contributed by atoms with Crippen molar-refractivity contribution < 1.29 is 4.79 Å². The van der Waals surface area contributed by atoms with Crippen molar-refractivity contribution in [1.82, 2.24) is 15.5 Å². The number of rotatable bonds is 4. The van der Waals surface area contributed by atoms with Gasteiger partial charge < -0.3 is 10.6 Å². The first-order valence-electron chi connectivity index (χ1n) is 7.13. The van der Waals surface area contributed by atoms with E-state index in [0.29, 0.717) is 18.1 Å². The number of amides is 1. The van der Waals surface area contributed by atoms with E-state index in [4.69, 9.17) is 0 Å². The SMILES string of the molecule is CNC(=O)C(C)(C)CN1C2CCC1CC(NC)C2. The van der Waals surface area contributed by atoms with Crippen LogP contribution in [-0.2, 0) is 4.79 Å². The Morgan fingerprint density at radius 3 is 2.22 bits per heavy atom. The van der Waals surface area contributed by atoms with Gasteiger partial charge in [0.25, 0.3) is 0 Å². The number of hydrogen-bond donors (Lipinski definition) is 2. The molecule has 2 bridgehead atoms. The lowest BCUT2D eigenvalue weighted by molar-refractivity contribution is -0.130. The van der Waals surface area contributed by atoms with Crippen molar-refractivity contribution in [2.75, 3.05) is 20.6 Å². The van der Waals surface area contributed by atoms with Gasteiger partial charge in [-0.25, -0.2) is 0 Å². The van der Waals surface area contributed by atoms with Crippen molar-refractivity contribution in [2.45, 2.75) is 57.7 Å². The zero-order valence-corrected chi connectivity index (χ0v) is 12.1. The molecular weight excluding hydrogens is 226 g/mol. The first-order chi connectivity index (χ1) is 8.47. The highest BCUT2D eigenvalue weighted by atomic mass is 16.2. The van der Waals surface area contributed by atoms with Gasteiger partial charge in [0.1, 0.15) is 0 Å². The minimum Gasteiger partial charge on any atom is -0.359 e. The molecule has 2 atom stereocenters. The first kappa shape index (κ1) is 13.8. The lowest BCUT2D eigenvalue weighted by Gasteiger charge is -2.42. The maximum atomic E-state index is 11.9. The predicted molar refractivity (Wildman–Crippen MR) is 73.4 cm³/mol. The van der Waals surface area contributed by atoms with Crippen molar-refractivity contribution in [3.63, 3.8) is 0 Å². The molecule has 0 radical (unpaired) electrons. The highest BCUT2D eigenvalue weighted by Crippen LogP contribution is 2.37. The van der Waals surface area contributed by atoms with Gasteiger partial charge in [0.15, 0.2) is 0 Å². The van der Waals surface area contributed by atoms with E-state index in [0.717, 1.165) is 6.54 Å². The van der Waals surface area contributed by atoms with Gasteiger partial charge in [-0.2, -0.15) is 0 Å². The van der Waals surface area contributed by atoms with Crippen LogP contribution in [0.4, 0.5) is 0 Å². The van der Waals surface area contributed by atoms with Crippen LogP contribution in [0.25, 0.3) is 0 Å². The van der Waals surface area contributed by atoms with Crippen molar-refractivity contribution in [2.24, 2.45) is 5.41 Å². The summed E-state index contributed by atoms with van der Waals surface area (Å²) in [6, 6.07) is 2.01. The van der Waals surface area contributed by atoms with Crippen LogP contribution in [0.3, 0.4) is 0 Å². The Morgan fingerprint density at radius 2 is 1.78 bits per heavy atom. The summed E-state index contributed by atoms with van der Waals surface area (Å²) in [5.74, 6) is 0.151. The van der Waals surface area contributed by atoms with Gasteiger partial charge in [-0.1, -0.05) is 0 Å². The molecule has 0 aliphatic carbocycles. The normalized spacial score (nSPS) is 32.6. The Kier molecular flexibility index (Phi) is 3.97. The molecule has 18 heavy (non-hydrogen) atoms. The van der Waals surface area contributed by atoms with E-state index in [2.05, 4.69) is 36.4 Å². The Hall–Kier alpha value is -0.610. The number of carbonyl (C=O) groups excluding carboxylic acids is 1. The second-order valence-corrected chi connectivity index (χ2v) is 6.48. The fraction of sp³-hybridized carbons (Fsp3) is 0.929. The summed E-state index contributed by atoms with van der Waals surface area (Å²) < 4.78 is 0. The molecule has 0 aromatic rings. The standard InChI is InChI=1S/C14H27N3O/c1-14(2,13(18)16-4)9-17-11-5-6-12(17)8-10(7-11)15-3/h10-12,15H,5-9H2,1-4H3,(H,16,18). The molecular formula is C14H27N3O. The van der Waals surface area contributed by atoms with E-state index in [-0.39, 0.29) is 11.3 Å². The van der Waals surface area contributed by atoms with Gasteiger partial charge in [0.05, 0.1) is 5.41 Å². The van der Waals surface area contributed by atoms with Crippen LogP contribution < -0.4 is 10.6 Å². The van der Waals surface area contributed by atoms with Crippen LogP contribution in [0.2, 0.25) is 0 Å². The molecule has 104 valence electrons. The molecule has 2 aliphatic heterocycles. The third kappa shape index (κ3) is 2.54. The van der Waals surface area contributed by atoms with Crippen molar-refractivity contribution >= 4 is 5.91 Å². The van der Waals surface area contributed by atoms with E-state index in [9.17, 15) is 4.79 Å². The topological polar surface area (TPSA) is 44.4 Å². The van der Waals surface area contributed by atoms with Gasteiger partial charge >= 0.3 is 0 Å². The second-order valence-electron chi connectivity index (χ2n) is 6.48. The van der Waals surface area contributed by atoms with Crippen molar-refractivity contribution in [3.05, 3.63) is 0 Å². The van der Waals surface area contributed by atoms with Crippen molar-refractivity contribution in [3.8, 4) is 0 Å². The Morgan fingerprint density at radius 1 is 1.22 bits per heavy atom. The number of carbonyl (C=O) groups is 1. The minimum absolute atomic E-state index is 0.151. The maximum absolute atomic E-state index is 11.9. The van der Waals surface area contributed by atoms with Gasteiger partial charge in [0, 0.05) is 31.7 Å². The average Bonchev–Trinajstić information content (AvgIpc) is 2.59. The minimum atomic E-state index is -0.290. The zero-order valence-electron chi connectivity index (χ0n) is 12.1. The third-order valence-corrected chi connectivity index (χ3v) is 4.71. The smallest absolute Gasteiger partial charge is 0.226 e. The molecule has 4 heteroatoms. The summed E-state index contributed by atoms with van der Waals surface area (Å²) in [5.41, 5.74) is -0.290. The quantitative estimate of drug-likeness (QED) is 0.785. The molecule has 2 N–H and O–H groups in total. The van der Waals surface area contributed by atoms with E-state index < -0.39 is 0 Å². The van der Waals surface area contributed by atoms with Gasteiger partial charge in [0.2, 0.25) is 5.91 Å². The molecule has 2 aliphatic rings. The summed E-state index contributed by atoms with van der Waals surface area (Å²) in [6.45, 7) is 4.99. The fourth-order valence-electron chi connectivity index (χ4n) is 3.63. The molecule has 2 heterocycles. The molecule has 2 unspecified atom stereocenters. The highest BCUT2D eigenvalue weighted by Gasteiger charge is 2.43. The lowest BCUT2D eigenvalue weighted by Crippen LogP contribution is -2.53. The fourth-order valence-corrected chi connectivity index (χ4v) is 3.63. The largest absolute Gasteiger partial charge is 0.359 e. The highest BCUT2D eigenvalue weighted by molar-refractivity contribution is 5.81. The first-order valence-corrected chi connectivity index (χ1v) is 7.13. The molecule has 0 saturated carbocycles. The Bertz CT molecular complexity index is 302. The summed E-state index contributed by atoms with van der Waals surface area (Å²) >= 11 is 0. The lowest BCUT2D eigenvalue weighted by atomic mass is 9.88. The van der Waals surface area contributed by atoms with E-state index in [1.807, 2.05) is 0 Å². The summed E-state index contributed by atoms with van der Waals surface area (Å²) in [6.07, 6.45) is 5.06. The van der Waals surface area contributed by atoms with Crippen LogP contribution in [0.1, 0.15) is 39.5 Å². The maximum Gasteiger partial charge on any atom is 0.226 e. The number of nitrogens with zero attached hydrogens (tertiary/aromatic N) is 1. The average molecular weight is 253 g/mol. The Balaban J connectivity index is 2.01. The molecule has 0 aromatic carbocycles. The zero-order chi connectivity index (χ0) is 13.3. The molecule has 4 nitrogen and oxygen atoms in total. The van der Waals surface area contributed by atoms with Crippen LogP contribution in [0.5, 0.6) is 0 Å². The van der Waals surface area contributed by atoms with Gasteiger partial charge in [-0.3, -0.25) is 9.69 Å².